The van der Waals surface area contributed by atoms with Crippen molar-refractivity contribution in [2.45, 2.75) is 14.0 Å². The summed E-state index contributed by atoms with van der Waals surface area (Å²) in [5, 5.41) is 0. The summed E-state index contributed by atoms with van der Waals surface area (Å²) in [6.07, 6.45) is 3.49. The highest BCUT2D eigenvalue weighted by atomic mass is 15.2. The van der Waals surface area contributed by atoms with E-state index in [2.05, 4.69) is 10.4 Å². The molecule has 0 radical (unpaired) electrons. The first-order valence-corrected chi connectivity index (χ1v) is 2.76. The predicted molar refractivity (Wildman–Crippen MR) is 42.0 cm³/mol. The first kappa shape index (κ1) is 9.07. The van der Waals surface area contributed by atoms with Crippen molar-refractivity contribution in [3.8, 4) is 0 Å². The minimum Gasteiger partial charge on any atom is -0.271 e. The topological polar surface area (TPSA) is 50.9 Å². The molecule has 0 unspecified atom stereocenters. The zero-order chi connectivity index (χ0) is 6.53. The van der Waals surface area contributed by atoms with Crippen LogP contribution in [0.5, 0.6) is 0 Å². The highest BCUT2D eigenvalue weighted by Crippen LogP contribution is 1.92. The molecule has 0 amide bonds. The first-order chi connectivity index (χ1) is 4.43. The SMILES string of the molecule is C.NNCc1ccncc1. The Kier molecular flexibility index (Phi) is 4.45. The summed E-state index contributed by atoms with van der Waals surface area (Å²) in [4.78, 5) is 3.86. The van der Waals surface area contributed by atoms with E-state index in [0.29, 0.717) is 6.54 Å². The molecule has 1 rings (SSSR count). The van der Waals surface area contributed by atoms with E-state index in [9.17, 15) is 0 Å². The van der Waals surface area contributed by atoms with Crippen molar-refractivity contribution in [1.29, 1.82) is 0 Å². The molecule has 0 aliphatic rings. The van der Waals surface area contributed by atoms with Crippen LogP contribution in [-0.2, 0) is 6.54 Å². The van der Waals surface area contributed by atoms with Crippen molar-refractivity contribution >= 4 is 0 Å². The van der Waals surface area contributed by atoms with Crippen molar-refractivity contribution in [3.05, 3.63) is 30.1 Å². The minimum atomic E-state index is 0. The number of hydrazine groups is 1. The van der Waals surface area contributed by atoms with E-state index in [1.54, 1.807) is 12.4 Å². The lowest BCUT2D eigenvalue weighted by Gasteiger charge is -1.95. The third-order valence-corrected chi connectivity index (χ3v) is 1.06. The molecule has 56 valence electrons. The van der Waals surface area contributed by atoms with Crippen molar-refractivity contribution in [1.82, 2.24) is 10.4 Å². The molecule has 0 bridgehead atoms. The van der Waals surface area contributed by atoms with Crippen molar-refractivity contribution in [3.63, 3.8) is 0 Å². The number of hydrogen-bond donors (Lipinski definition) is 2. The van der Waals surface area contributed by atoms with Gasteiger partial charge in [-0.2, -0.15) is 0 Å². The summed E-state index contributed by atoms with van der Waals surface area (Å²) in [5.74, 6) is 5.09. The quantitative estimate of drug-likeness (QED) is 0.468. The molecule has 10 heavy (non-hydrogen) atoms. The standard InChI is InChI=1S/C6H9N3.CH4/c7-9-5-6-1-3-8-4-2-6;/h1-4,9H,5,7H2;1H4. The minimum absolute atomic E-state index is 0. The molecule has 0 aromatic carbocycles. The van der Waals surface area contributed by atoms with Crippen LogP contribution in [-0.4, -0.2) is 4.98 Å². The number of hydrogen-bond acceptors (Lipinski definition) is 3. The molecule has 3 N–H and O–H groups in total. The highest BCUT2D eigenvalue weighted by Gasteiger charge is 1.84. The van der Waals surface area contributed by atoms with Gasteiger partial charge in [0.2, 0.25) is 0 Å². The highest BCUT2D eigenvalue weighted by molar-refractivity contribution is 5.08. The second kappa shape index (κ2) is 4.90. The largest absolute Gasteiger partial charge is 0.271 e. The van der Waals surface area contributed by atoms with Gasteiger partial charge in [0, 0.05) is 18.9 Å². The number of nitrogens with one attached hydrogen (secondary N) is 1. The summed E-state index contributed by atoms with van der Waals surface area (Å²) in [6, 6.07) is 3.83. The van der Waals surface area contributed by atoms with Gasteiger partial charge in [-0.1, -0.05) is 7.43 Å². The van der Waals surface area contributed by atoms with Crippen LogP contribution in [0.25, 0.3) is 0 Å². The van der Waals surface area contributed by atoms with Crippen LogP contribution in [0.3, 0.4) is 0 Å². The first-order valence-electron chi connectivity index (χ1n) is 2.76. The number of pyridine rings is 1. The second-order valence-electron chi connectivity index (χ2n) is 1.74. The lowest BCUT2D eigenvalue weighted by Crippen LogP contribution is -2.20. The van der Waals surface area contributed by atoms with Gasteiger partial charge in [0.25, 0.3) is 0 Å². The molecule has 0 atom stereocenters. The van der Waals surface area contributed by atoms with E-state index < -0.39 is 0 Å². The molecule has 0 fully saturated rings. The zero-order valence-corrected chi connectivity index (χ0v) is 5.04. The van der Waals surface area contributed by atoms with Crippen molar-refractivity contribution < 1.29 is 0 Å². The van der Waals surface area contributed by atoms with Gasteiger partial charge in [-0.05, 0) is 17.7 Å². The van der Waals surface area contributed by atoms with Gasteiger partial charge >= 0.3 is 0 Å². The maximum atomic E-state index is 5.09. The van der Waals surface area contributed by atoms with Crippen LogP contribution in [0.1, 0.15) is 13.0 Å². The molecular formula is C7H13N3. The maximum Gasteiger partial charge on any atom is 0.0349 e. The lowest BCUT2D eigenvalue weighted by atomic mass is 10.3. The third-order valence-electron chi connectivity index (χ3n) is 1.06. The second-order valence-corrected chi connectivity index (χ2v) is 1.74. The molecule has 0 aliphatic carbocycles. The van der Waals surface area contributed by atoms with Gasteiger partial charge in [0.1, 0.15) is 0 Å². The molecule has 1 aromatic rings. The Labute approximate surface area is 61.2 Å². The monoisotopic (exact) mass is 139 g/mol. The van der Waals surface area contributed by atoms with Crippen LogP contribution >= 0.6 is 0 Å². The average Bonchev–Trinajstić information content (AvgIpc) is 1.91. The summed E-state index contributed by atoms with van der Waals surface area (Å²) >= 11 is 0. The van der Waals surface area contributed by atoms with Gasteiger partial charge in [0.05, 0.1) is 0 Å². The predicted octanol–water partition coefficient (Wildman–Crippen LogP) is 0.681. The number of aromatic nitrogens is 1. The Hall–Kier alpha value is -0.930. The molecule has 1 aromatic heterocycles. The molecule has 3 heteroatoms. The van der Waals surface area contributed by atoms with Gasteiger partial charge in [-0.25, -0.2) is 0 Å². The van der Waals surface area contributed by atoms with E-state index in [4.69, 9.17) is 5.84 Å². The number of nitrogens with two attached hydrogens (primary N) is 1. The van der Waals surface area contributed by atoms with E-state index in [0.717, 1.165) is 5.56 Å². The molecular weight excluding hydrogens is 126 g/mol. The van der Waals surface area contributed by atoms with Gasteiger partial charge < -0.3 is 0 Å². The van der Waals surface area contributed by atoms with E-state index in [1.165, 1.54) is 0 Å². The molecule has 3 nitrogen and oxygen atoms in total. The molecule has 0 saturated heterocycles. The summed E-state index contributed by atoms with van der Waals surface area (Å²) in [7, 11) is 0. The van der Waals surface area contributed by atoms with Crippen LogP contribution < -0.4 is 11.3 Å². The summed E-state index contributed by atoms with van der Waals surface area (Å²) in [6.45, 7) is 0.697. The zero-order valence-electron chi connectivity index (χ0n) is 5.04. The number of nitrogens with zero attached hydrogens (tertiary/aromatic N) is 1. The van der Waals surface area contributed by atoms with Crippen molar-refractivity contribution in [2.75, 3.05) is 0 Å². The van der Waals surface area contributed by atoms with E-state index >= 15 is 0 Å². The number of rotatable bonds is 2. The van der Waals surface area contributed by atoms with Gasteiger partial charge in [-0.3, -0.25) is 16.3 Å². The van der Waals surface area contributed by atoms with Crippen LogP contribution in [0, 0.1) is 0 Å². The third kappa shape index (κ3) is 2.57. The van der Waals surface area contributed by atoms with Crippen molar-refractivity contribution in [2.24, 2.45) is 5.84 Å². The van der Waals surface area contributed by atoms with Gasteiger partial charge in [0.15, 0.2) is 0 Å². The Balaban J connectivity index is 0.000000810. The molecule has 1 heterocycles. The fourth-order valence-electron chi connectivity index (χ4n) is 0.618. The Morgan fingerprint density at radius 1 is 1.40 bits per heavy atom. The summed E-state index contributed by atoms with van der Waals surface area (Å²) in [5.41, 5.74) is 3.70. The molecule has 0 saturated carbocycles. The van der Waals surface area contributed by atoms with E-state index in [-0.39, 0.29) is 7.43 Å². The molecule has 0 aliphatic heterocycles. The van der Waals surface area contributed by atoms with Crippen LogP contribution in [0.15, 0.2) is 24.5 Å². The van der Waals surface area contributed by atoms with Crippen LogP contribution in [0.4, 0.5) is 0 Å². The fourth-order valence-corrected chi connectivity index (χ4v) is 0.618. The smallest absolute Gasteiger partial charge is 0.0349 e. The Bertz CT molecular complexity index is 162. The Morgan fingerprint density at radius 2 is 2.00 bits per heavy atom. The normalized spacial score (nSPS) is 8.50. The van der Waals surface area contributed by atoms with E-state index in [1.807, 2.05) is 12.1 Å². The van der Waals surface area contributed by atoms with Crippen LogP contribution in [0.2, 0.25) is 0 Å². The lowest BCUT2D eigenvalue weighted by molar-refractivity contribution is 0.740. The Morgan fingerprint density at radius 3 is 2.50 bits per heavy atom. The fraction of sp³-hybridized carbons (Fsp3) is 0.286. The maximum absolute atomic E-state index is 5.09. The molecule has 0 spiro atoms. The van der Waals surface area contributed by atoms with Gasteiger partial charge in [-0.15, -0.1) is 0 Å². The summed E-state index contributed by atoms with van der Waals surface area (Å²) < 4.78 is 0. The average molecular weight is 139 g/mol.